The van der Waals surface area contributed by atoms with E-state index in [1.54, 1.807) is 26.2 Å². The fourth-order valence-electron chi connectivity index (χ4n) is 5.97. The summed E-state index contributed by atoms with van der Waals surface area (Å²) < 4.78 is 49.8. The largest absolute Gasteiger partial charge is 0.385 e. The smallest absolute Gasteiger partial charge is 0.275 e. The summed E-state index contributed by atoms with van der Waals surface area (Å²) in [4.78, 5) is 28.9. The van der Waals surface area contributed by atoms with Gasteiger partial charge in [-0.2, -0.15) is 5.10 Å². The number of ether oxygens (including phenoxy) is 1. The first-order valence-corrected chi connectivity index (χ1v) is 12.4. The Morgan fingerprint density at radius 3 is 2.73 bits per heavy atom. The first-order valence-electron chi connectivity index (χ1n) is 12.4. The summed E-state index contributed by atoms with van der Waals surface area (Å²) in [6.45, 7) is 5.25. The van der Waals surface area contributed by atoms with E-state index in [9.17, 15) is 22.8 Å². The predicted octanol–water partition coefficient (Wildman–Crippen LogP) is 3.38. The molecule has 1 saturated carbocycles. The van der Waals surface area contributed by atoms with Crippen molar-refractivity contribution in [3.05, 3.63) is 34.9 Å². The summed E-state index contributed by atoms with van der Waals surface area (Å²) in [5.74, 6) is -4.13. The number of aryl methyl sites for hydroxylation is 2. The molecular formula is C25H31F3N6O3. The SMILES string of the molecule is CCn1nc(C)c(F)c1C(=O)NC1Nc2cc(C=O)cc3c2N1CC1(CN3CCCOC)CC(F)(F)C1. The van der Waals surface area contributed by atoms with Crippen molar-refractivity contribution in [2.75, 3.05) is 48.5 Å². The van der Waals surface area contributed by atoms with Crippen molar-refractivity contribution in [1.29, 1.82) is 0 Å². The minimum absolute atomic E-state index is 0.115. The highest BCUT2D eigenvalue weighted by atomic mass is 19.3. The van der Waals surface area contributed by atoms with Crippen LogP contribution in [0.15, 0.2) is 12.1 Å². The molecule has 1 fully saturated rings. The van der Waals surface area contributed by atoms with Gasteiger partial charge in [0.15, 0.2) is 17.8 Å². The number of aldehydes is 1. The van der Waals surface area contributed by atoms with Gasteiger partial charge in [0.2, 0.25) is 5.92 Å². The van der Waals surface area contributed by atoms with E-state index in [0.717, 1.165) is 17.7 Å². The maximum atomic E-state index is 14.8. The second-order valence-corrected chi connectivity index (χ2v) is 10.2. The van der Waals surface area contributed by atoms with Gasteiger partial charge in [-0.15, -0.1) is 0 Å². The minimum atomic E-state index is -2.76. The summed E-state index contributed by atoms with van der Waals surface area (Å²) in [5, 5.41) is 10.1. The summed E-state index contributed by atoms with van der Waals surface area (Å²) in [7, 11) is 1.61. The van der Waals surface area contributed by atoms with Crippen molar-refractivity contribution < 1.29 is 27.5 Å². The number of rotatable bonds is 8. The van der Waals surface area contributed by atoms with Crippen molar-refractivity contribution in [3.63, 3.8) is 0 Å². The Bertz CT molecular complexity index is 1220. The van der Waals surface area contributed by atoms with E-state index in [1.807, 2.05) is 9.80 Å². The van der Waals surface area contributed by atoms with Crippen LogP contribution in [0.1, 0.15) is 52.7 Å². The van der Waals surface area contributed by atoms with E-state index < -0.39 is 29.4 Å². The molecule has 200 valence electrons. The van der Waals surface area contributed by atoms with Crippen LogP contribution in [-0.2, 0) is 11.3 Å². The van der Waals surface area contributed by atoms with Crippen LogP contribution in [0, 0.1) is 18.2 Å². The highest BCUT2D eigenvalue weighted by molar-refractivity contribution is 5.97. The topological polar surface area (TPSA) is 91.7 Å². The summed E-state index contributed by atoms with van der Waals surface area (Å²) in [6.07, 6.45) is 0.0262. The fraction of sp³-hybridized carbons (Fsp3) is 0.560. The fourth-order valence-corrected chi connectivity index (χ4v) is 5.97. The average molecular weight is 521 g/mol. The van der Waals surface area contributed by atoms with Crippen LogP contribution < -0.4 is 20.4 Å². The Hall–Kier alpha value is -3.28. The Balaban J connectivity index is 1.53. The number of methoxy groups -OCH3 is 1. The Labute approximate surface area is 212 Å². The van der Waals surface area contributed by atoms with E-state index in [0.29, 0.717) is 43.9 Å². The van der Waals surface area contributed by atoms with Crippen LogP contribution in [-0.4, -0.2) is 67.5 Å². The van der Waals surface area contributed by atoms with Gasteiger partial charge in [0.1, 0.15) is 6.29 Å². The third-order valence-electron chi connectivity index (χ3n) is 7.39. The number of nitrogens with zero attached hydrogens (tertiary/aromatic N) is 4. The van der Waals surface area contributed by atoms with E-state index in [4.69, 9.17) is 4.74 Å². The lowest BCUT2D eigenvalue weighted by atomic mass is 9.65. The molecule has 3 heterocycles. The Morgan fingerprint density at radius 2 is 2.08 bits per heavy atom. The molecule has 1 unspecified atom stereocenters. The Kier molecular flexibility index (Phi) is 6.33. The van der Waals surface area contributed by atoms with Gasteiger partial charge in [0, 0.05) is 63.7 Å². The highest BCUT2D eigenvalue weighted by Gasteiger charge is 2.59. The lowest BCUT2D eigenvalue weighted by molar-refractivity contribution is -0.153. The van der Waals surface area contributed by atoms with E-state index in [2.05, 4.69) is 15.7 Å². The van der Waals surface area contributed by atoms with Crippen molar-refractivity contribution in [1.82, 2.24) is 15.1 Å². The molecule has 1 aromatic carbocycles. The number of hydrogen-bond donors (Lipinski definition) is 2. The van der Waals surface area contributed by atoms with Gasteiger partial charge in [-0.1, -0.05) is 0 Å². The molecule has 1 amide bonds. The third-order valence-corrected chi connectivity index (χ3v) is 7.39. The quantitative estimate of drug-likeness (QED) is 0.407. The van der Waals surface area contributed by atoms with Gasteiger partial charge in [-0.3, -0.25) is 14.3 Å². The number of hydrogen-bond acceptors (Lipinski definition) is 7. The molecule has 1 spiro atoms. The van der Waals surface area contributed by atoms with Crippen LogP contribution in [0.4, 0.5) is 30.2 Å². The molecule has 2 N–H and O–H groups in total. The number of amides is 1. The van der Waals surface area contributed by atoms with Gasteiger partial charge in [-0.05, 0) is 32.4 Å². The molecule has 2 aliphatic heterocycles. The summed E-state index contributed by atoms with van der Waals surface area (Å²) >= 11 is 0. The number of nitrogens with one attached hydrogen (secondary N) is 2. The maximum Gasteiger partial charge on any atom is 0.275 e. The molecular weight excluding hydrogens is 489 g/mol. The van der Waals surface area contributed by atoms with Gasteiger partial charge < -0.3 is 25.2 Å². The molecule has 12 heteroatoms. The number of carbonyl (C=O) groups is 2. The second kappa shape index (κ2) is 9.23. The van der Waals surface area contributed by atoms with Crippen LogP contribution in [0.3, 0.4) is 0 Å². The van der Waals surface area contributed by atoms with Gasteiger partial charge >= 0.3 is 0 Å². The lowest BCUT2D eigenvalue weighted by Gasteiger charge is -2.50. The molecule has 9 nitrogen and oxygen atoms in total. The zero-order valence-corrected chi connectivity index (χ0v) is 21.1. The van der Waals surface area contributed by atoms with Crippen LogP contribution >= 0.6 is 0 Å². The molecule has 1 aromatic heterocycles. The van der Waals surface area contributed by atoms with Crippen molar-refractivity contribution in [3.8, 4) is 0 Å². The molecule has 2 aromatic rings. The Morgan fingerprint density at radius 1 is 1.32 bits per heavy atom. The summed E-state index contributed by atoms with van der Waals surface area (Å²) in [6, 6.07) is 3.43. The molecule has 37 heavy (non-hydrogen) atoms. The van der Waals surface area contributed by atoms with Crippen molar-refractivity contribution in [2.45, 2.75) is 51.9 Å². The van der Waals surface area contributed by atoms with Crippen LogP contribution in [0.25, 0.3) is 0 Å². The number of benzene rings is 1. The predicted molar refractivity (Wildman–Crippen MR) is 132 cm³/mol. The van der Waals surface area contributed by atoms with Gasteiger partial charge in [0.25, 0.3) is 5.91 Å². The number of halogens is 3. The van der Waals surface area contributed by atoms with Gasteiger partial charge in [0.05, 0.1) is 22.8 Å². The molecule has 5 rings (SSSR count). The highest BCUT2D eigenvalue weighted by Crippen LogP contribution is 2.57. The number of alkyl halides is 2. The van der Waals surface area contributed by atoms with E-state index >= 15 is 0 Å². The molecule has 3 aliphatic rings. The molecule has 0 bridgehead atoms. The normalized spacial score (nSPS) is 20.8. The number of aromatic nitrogens is 2. The zero-order chi connectivity index (χ0) is 26.5. The first-order chi connectivity index (χ1) is 17.6. The van der Waals surface area contributed by atoms with Crippen molar-refractivity contribution >= 4 is 29.3 Å². The zero-order valence-electron chi connectivity index (χ0n) is 21.1. The van der Waals surface area contributed by atoms with Gasteiger partial charge in [-0.25, -0.2) is 13.2 Å². The molecule has 1 aliphatic carbocycles. The monoisotopic (exact) mass is 520 g/mol. The average Bonchev–Trinajstić information content (AvgIpc) is 3.26. The number of anilines is 3. The lowest BCUT2D eigenvalue weighted by Crippen LogP contribution is -2.60. The van der Waals surface area contributed by atoms with Crippen LogP contribution in [0.5, 0.6) is 0 Å². The minimum Gasteiger partial charge on any atom is -0.385 e. The summed E-state index contributed by atoms with van der Waals surface area (Å²) in [5.41, 5.74) is 1.68. The second-order valence-electron chi connectivity index (χ2n) is 10.2. The standard InChI is InChI=1S/C25H31F3N6O3/c1-4-34-21(19(26)15(2)31-34)22(36)30-23-29-17-8-16(10-35)9-18-20(17)33(23)14-24(11-25(27,28)12-24)13-32(18)6-5-7-37-3/h8-10,23,29H,4-7,11-14H2,1-3H3,(H,30,36). The van der Waals surface area contributed by atoms with Crippen LogP contribution in [0.2, 0.25) is 0 Å². The first kappa shape index (κ1) is 25.4. The molecule has 0 radical (unpaired) electrons. The van der Waals surface area contributed by atoms with E-state index in [-0.39, 0.29) is 30.8 Å². The van der Waals surface area contributed by atoms with Crippen molar-refractivity contribution in [2.24, 2.45) is 5.41 Å². The molecule has 0 saturated heterocycles. The van der Waals surface area contributed by atoms with E-state index in [1.165, 1.54) is 11.6 Å². The number of carbonyl (C=O) groups excluding carboxylic acids is 2. The molecule has 1 atom stereocenters. The third kappa shape index (κ3) is 4.41. The maximum absolute atomic E-state index is 14.8.